The molecule has 1 aliphatic heterocycles. The van der Waals surface area contributed by atoms with Crippen molar-refractivity contribution in [2.45, 2.75) is 13.0 Å². The van der Waals surface area contributed by atoms with E-state index >= 15 is 0 Å². The van der Waals surface area contributed by atoms with Gasteiger partial charge in [-0.25, -0.2) is 9.18 Å². The third-order valence-corrected chi connectivity index (χ3v) is 4.73. The van der Waals surface area contributed by atoms with Crippen LogP contribution in [0.5, 0.6) is 0 Å². The molecule has 0 saturated carbocycles. The summed E-state index contributed by atoms with van der Waals surface area (Å²) in [5.74, 6) is -1.94. The lowest BCUT2D eigenvalue weighted by molar-refractivity contribution is -0.140. The van der Waals surface area contributed by atoms with Gasteiger partial charge in [0.25, 0.3) is 5.91 Å². The van der Waals surface area contributed by atoms with Crippen molar-refractivity contribution in [2.24, 2.45) is 0 Å². The molecule has 0 unspecified atom stereocenters. The Balaban J connectivity index is 1.55. The molecule has 1 saturated heterocycles. The molecule has 0 aliphatic carbocycles. The van der Waals surface area contributed by atoms with Crippen LogP contribution in [0.15, 0.2) is 48.5 Å². The number of hydrogen-bond acceptors (Lipinski definition) is 4. The van der Waals surface area contributed by atoms with E-state index in [0.717, 1.165) is 11.8 Å². The summed E-state index contributed by atoms with van der Waals surface area (Å²) >= 11 is 5.68. The highest BCUT2D eigenvalue weighted by Gasteiger charge is 2.28. The molecule has 1 amide bonds. The maximum atomic E-state index is 13.8. The first-order valence-electron chi connectivity index (χ1n) is 8.70. The molecular weight excluding hydrogens is 371 g/mol. The smallest absolute Gasteiger partial charge is 0.341 e. The zero-order chi connectivity index (χ0) is 19.4. The van der Waals surface area contributed by atoms with Crippen molar-refractivity contribution in [3.63, 3.8) is 0 Å². The first kappa shape index (κ1) is 19.2. The summed E-state index contributed by atoms with van der Waals surface area (Å²) in [5.41, 5.74) is 0.871. The van der Waals surface area contributed by atoms with Crippen molar-refractivity contribution in [1.82, 2.24) is 4.90 Å². The Morgan fingerprint density at radius 2 is 1.74 bits per heavy atom. The highest BCUT2D eigenvalue weighted by Crippen LogP contribution is 2.18. The number of halogens is 2. The van der Waals surface area contributed by atoms with Crippen LogP contribution in [0.1, 0.15) is 17.3 Å². The van der Waals surface area contributed by atoms with Gasteiger partial charge >= 0.3 is 5.97 Å². The summed E-state index contributed by atoms with van der Waals surface area (Å²) in [6, 6.07) is 13.7. The molecule has 27 heavy (non-hydrogen) atoms. The van der Waals surface area contributed by atoms with E-state index in [1.807, 2.05) is 30.3 Å². The van der Waals surface area contributed by atoms with Gasteiger partial charge in [-0.15, -0.1) is 0 Å². The molecule has 2 aromatic rings. The average molecular weight is 391 g/mol. The molecule has 0 N–H and O–H groups in total. The standard InChI is InChI=1S/C20H20ClFN2O3/c1-14(27-20(26)17-8-7-15(21)13-18(17)22)19(25)24-11-9-23(10-12-24)16-5-3-2-4-6-16/h2-8,13-14H,9-12H2,1H3/t14-/m0/s1. The van der Waals surface area contributed by atoms with Gasteiger partial charge < -0.3 is 14.5 Å². The topological polar surface area (TPSA) is 49.9 Å². The van der Waals surface area contributed by atoms with Gasteiger partial charge in [-0.05, 0) is 37.3 Å². The number of carbonyl (C=O) groups excluding carboxylic acids is 2. The molecule has 0 bridgehead atoms. The van der Waals surface area contributed by atoms with Crippen LogP contribution in [0.3, 0.4) is 0 Å². The minimum absolute atomic E-state index is 0.185. The van der Waals surface area contributed by atoms with E-state index in [2.05, 4.69) is 4.90 Å². The lowest BCUT2D eigenvalue weighted by atomic mass is 10.2. The van der Waals surface area contributed by atoms with Crippen LogP contribution < -0.4 is 4.90 Å². The number of nitrogens with zero attached hydrogens (tertiary/aromatic N) is 2. The van der Waals surface area contributed by atoms with E-state index in [1.54, 1.807) is 4.90 Å². The van der Waals surface area contributed by atoms with Crippen molar-refractivity contribution < 1.29 is 18.7 Å². The summed E-state index contributed by atoms with van der Waals surface area (Å²) < 4.78 is 19.0. The van der Waals surface area contributed by atoms with Crippen LogP contribution in [0.4, 0.5) is 10.1 Å². The molecule has 1 aliphatic rings. The number of para-hydroxylation sites is 1. The minimum atomic E-state index is -0.990. The third kappa shape index (κ3) is 4.57. The van der Waals surface area contributed by atoms with Crippen LogP contribution in [0.25, 0.3) is 0 Å². The van der Waals surface area contributed by atoms with Crippen molar-refractivity contribution in [2.75, 3.05) is 31.1 Å². The van der Waals surface area contributed by atoms with Gasteiger partial charge in [0.15, 0.2) is 6.10 Å². The Morgan fingerprint density at radius 3 is 2.37 bits per heavy atom. The monoisotopic (exact) mass is 390 g/mol. The SMILES string of the molecule is C[C@H](OC(=O)c1ccc(Cl)cc1F)C(=O)N1CCN(c2ccccc2)CC1. The fourth-order valence-electron chi connectivity index (χ4n) is 3.01. The molecule has 0 spiro atoms. The molecule has 0 radical (unpaired) electrons. The highest BCUT2D eigenvalue weighted by atomic mass is 35.5. The number of amides is 1. The molecule has 3 rings (SSSR count). The minimum Gasteiger partial charge on any atom is -0.449 e. The van der Waals surface area contributed by atoms with Crippen LogP contribution in [0, 0.1) is 5.82 Å². The number of anilines is 1. The fourth-order valence-corrected chi connectivity index (χ4v) is 3.17. The van der Waals surface area contributed by atoms with Crippen LogP contribution in [0.2, 0.25) is 5.02 Å². The Morgan fingerprint density at radius 1 is 1.07 bits per heavy atom. The van der Waals surface area contributed by atoms with Crippen LogP contribution in [-0.2, 0) is 9.53 Å². The first-order valence-corrected chi connectivity index (χ1v) is 9.08. The quantitative estimate of drug-likeness (QED) is 0.751. The van der Waals surface area contributed by atoms with Gasteiger partial charge in [-0.3, -0.25) is 4.79 Å². The van der Waals surface area contributed by atoms with E-state index in [0.29, 0.717) is 26.2 Å². The molecule has 1 fully saturated rings. The molecule has 7 heteroatoms. The number of ether oxygens (including phenoxy) is 1. The Hall–Kier alpha value is -2.60. The van der Waals surface area contributed by atoms with Gasteiger partial charge in [0.2, 0.25) is 0 Å². The lowest BCUT2D eigenvalue weighted by Crippen LogP contribution is -2.51. The number of hydrogen-bond donors (Lipinski definition) is 0. The lowest BCUT2D eigenvalue weighted by Gasteiger charge is -2.37. The first-order chi connectivity index (χ1) is 13.0. The van der Waals surface area contributed by atoms with Gasteiger partial charge in [-0.1, -0.05) is 29.8 Å². The van der Waals surface area contributed by atoms with Crippen molar-refractivity contribution in [1.29, 1.82) is 0 Å². The molecule has 1 atom stereocenters. The Kier molecular flexibility index (Phi) is 5.96. The molecule has 0 aromatic heterocycles. The summed E-state index contributed by atoms with van der Waals surface area (Å²) in [7, 11) is 0. The molecule has 5 nitrogen and oxygen atoms in total. The van der Waals surface area contributed by atoms with Crippen molar-refractivity contribution in [3.8, 4) is 0 Å². The summed E-state index contributed by atoms with van der Waals surface area (Å²) in [4.78, 5) is 28.5. The van der Waals surface area contributed by atoms with E-state index in [1.165, 1.54) is 19.1 Å². The summed E-state index contributed by atoms with van der Waals surface area (Å²) in [6.45, 7) is 3.96. The number of benzene rings is 2. The van der Waals surface area contributed by atoms with Crippen LogP contribution >= 0.6 is 11.6 Å². The van der Waals surface area contributed by atoms with E-state index in [4.69, 9.17) is 16.3 Å². The van der Waals surface area contributed by atoms with Gasteiger partial charge in [-0.2, -0.15) is 0 Å². The highest BCUT2D eigenvalue weighted by molar-refractivity contribution is 6.30. The molecule has 142 valence electrons. The number of piperazine rings is 1. The number of rotatable bonds is 4. The Bertz CT molecular complexity index is 823. The number of carbonyl (C=O) groups is 2. The van der Waals surface area contributed by atoms with Crippen LogP contribution in [-0.4, -0.2) is 49.1 Å². The molecule has 2 aromatic carbocycles. The zero-order valence-corrected chi connectivity index (χ0v) is 15.7. The molecule has 1 heterocycles. The zero-order valence-electron chi connectivity index (χ0n) is 14.9. The maximum absolute atomic E-state index is 13.8. The van der Waals surface area contributed by atoms with E-state index < -0.39 is 17.9 Å². The maximum Gasteiger partial charge on any atom is 0.341 e. The van der Waals surface area contributed by atoms with Crippen molar-refractivity contribution >= 4 is 29.2 Å². The van der Waals surface area contributed by atoms with Crippen molar-refractivity contribution in [3.05, 3.63) is 64.9 Å². The van der Waals surface area contributed by atoms with E-state index in [9.17, 15) is 14.0 Å². The Labute approximate surface area is 162 Å². The normalized spacial score (nSPS) is 15.4. The molecular formula is C20H20ClFN2O3. The number of esters is 1. The largest absolute Gasteiger partial charge is 0.449 e. The van der Waals surface area contributed by atoms with E-state index in [-0.39, 0.29) is 16.5 Å². The van der Waals surface area contributed by atoms with Gasteiger partial charge in [0, 0.05) is 36.9 Å². The van der Waals surface area contributed by atoms with Gasteiger partial charge in [0.1, 0.15) is 5.82 Å². The predicted octanol–water partition coefficient (Wildman–Crippen LogP) is 3.37. The van der Waals surface area contributed by atoms with Gasteiger partial charge in [0.05, 0.1) is 5.56 Å². The summed E-state index contributed by atoms with van der Waals surface area (Å²) in [6.07, 6.45) is -0.990. The third-order valence-electron chi connectivity index (χ3n) is 4.50. The second-order valence-corrected chi connectivity index (χ2v) is 6.76. The second kappa shape index (κ2) is 8.39. The predicted molar refractivity (Wildman–Crippen MR) is 102 cm³/mol. The summed E-state index contributed by atoms with van der Waals surface area (Å²) in [5, 5.41) is 0.185. The second-order valence-electron chi connectivity index (χ2n) is 6.32. The average Bonchev–Trinajstić information content (AvgIpc) is 2.68. The fraction of sp³-hybridized carbons (Fsp3) is 0.300.